The molecule has 2 rings (SSSR count). The number of hydrogen-bond acceptors (Lipinski definition) is 3. The van der Waals surface area contributed by atoms with Crippen molar-refractivity contribution in [2.75, 3.05) is 18.4 Å². The Bertz CT molecular complexity index is 502. The van der Waals surface area contributed by atoms with Gasteiger partial charge in [0.1, 0.15) is 0 Å². The molecule has 0 unspecified atom stereocenters. The van der Waals surface area contributed by atoms with Crippen molar-refractivity contribution in [2.24, 2.45) is 11.7 Å². The monoisotopic (exact) mass is 317 g/mol. The zero-order chi connectivity index (χ0) is 13.8. The summed E-state index contributed by atoms with van der Waals surface area (Å²) in [7, 11) is 0. The molecule has 7 heteroatoms. The lowest BCUT2D eigenvalue weighted by Gasteiger charge is -2.22. The standard InChI is InChI=1S/C13H16ClN3O2.ClH/c14-11-4-3-9(6-10(11)12(15)18)17-13(19)8-2-1-5-16-7-8;/h3-4,6,8,16H,1-2,5,7H2,(H2,15,18)(H,17,19);1H/t8-;/m1./s1. The number of benzene rings is 1. The average Bonchev–Trinajstić information content (AvgIpc) is 2.41. The Labute approximate surface area is 128 Å². The molecular formula is C13H17Cl2N3O2. The molecule has 1 fully saturated rings. The van der Waals surface area contributed by atoms with E-state index in [4.69, 9.17) is 17.3 Å². The van der Waals surface area contributed by atoms with Crippen molar-refractivity contribution in [3.63, 3.8) is 0 Å². The Morgan fingerprint density at radius 2 is 2.15 bits per heavy atom. The third-order valence-electron chi connectivity index (χ3n) is 3.17. The van der Waals surface area contributed by atoms with Gasteiger partial charge in [-0.2, -0.15) is 0 Å². The Morgan fingerprint density at radius 1 is 1.40 bits per heavy atom. The van der Waals surface area contributed by atoms with Gasteiger partial charge in [-0.05, 0) is 37.6 Å². The molecule has 1 atom stereocenters. The van der Waals surface area contributed by atoms with E-state index in [1.54, 1.807) is 12.1 Å². The van der Waals surface area contributed by atoms with E-state index in [-0.39, 0.29) is 34.8 Å². The van der Waals surface area contributed by atoms with Crippen LogP contribution in [0, 0.1) is 5.92 Å². The largest absolute Gasteiger partial charge is 0.366 e. The van der Waals surface area contributed by atoms with Gasteiger partial charge in [-0.15, -0.1) is 12.4 Å². The van der Waals surface area contributed by atoms with Crippen LogP contribution in [0.15, 0.2) is 18.2 Å². The Hall–Kier alpha value is -1.30. The van der Waals surface area contributed by atoms with Crippen LogP contribution in [0.3, 0.4) is 0 Å². The molecule has 1 heterocycles. The molecule has 1 aliphatic rings. The first-order valence-corrected chi connectivity index (χ1v) is 6.56. The summed E-state index contributed by atoms with van der Waals surface area (Å²) in [5.41, 5.74) is 5.96. The van der Waals surface area contributed by atoms with Gasteiger partial charge in [0.05, 0.1) is 16.5 Å². The van der Waals surface area contributed by atoms with E-state index in [0.29, 0.717) is 12.2 Å². The van der Waals surface area contributed by atoms with Crippen molar-refractivity contribution >= 4 is 41.5 Å². The maximum absolute atomic E-state index is 12.0. The lowest BCUT2D eigenvalue weighted by molar-refractivity contribution is -0.120. The summed E-state index contributed by atoms with van der Waals surface area (Å²) < 4.78 is 0. The fourth-order valence-electron chi connectivity index (χ4n) is 2.11. The van der Waals surface area contributed by atoms with Gasteiger partial charge in [0.15, 0.2) is 0 Å². The molecule has 5 nitrogen and oxygen atoms in total. The molecule has 1 aromatic carbocycles. The van der Waals surface area contributed by atoms with Gasteiger partial charge in [0.2, 0.25) is 11.8 Å². The molecule has 20 heavy (non-hydrogen) atoms. The topological polar surface area (TPSA) is 84.2 Å². The van der Waals surface area contributed by atoms with Crippen LogP contribution in [0.25, 0.3) is 0 Å². The van der Waals surface area contributed by atoms with Crippen molar-refractivity contribution in [3.05, 3.63) is 28.8 Å². The Balaban J connectivity index is 0.00000200. The molecular weight excluding hydrogens is 301 g/mol. The van der Waals surface area contributed by atoms with Crippen LogP contribution < -0.4 is 16.4 Å². The minimum atomic E-state index is -0.611. The lowest BCUT2D eigenvalue weighted by atomic mass is 9.99. The Morgan fingerprint density at radius 3 is 2.75 bits per heavy atom. The first-order chi connectivity index (χ1) is 9.08. The number of hydrogen-bond donors (Lipinski definition) is 3. The molecule has 1 aromatic rings. The van der Waals surface area contributed by atoms with Gasteiger partial charge in [-0.25, -0.2) is 0 Å². The molecule has 0 saturated carbocycles. The first-order valence-electron chi connectivity index (χ1n) is 6.19. The van der Waals surface area contributed by atoms with Crippen LogP contribution in [0.1, 0.15) is 23.2 Å². The average molecular weight is 318 g/mol. The maximum Gasteiger partial charge on any atom is 0.250 e. The van der Waals surface area contributed by atoms with E-state index < -0.39 is 5.91 Å². The van der Waals surface area contributed by atoms with Gasteiger partial charge >= 0.3 is 0 Å². The normalized spacial score (nSPS) is 17.9. The first kappa shape index (κ1) is 16.8. The highest BCUT2D eigenvalue weighted by Gasteiger charge is 2.21. The molecule has 0 spiro atoms. The fraction of sp³-hybridized carbons (Fsp3) is 0.385. The predicted octanol–water partition coefficient (Wildman–Crippen LogP) is 1.80. The number of nitrogens with two attached hydrogens (primary N) is 1. The van der Waals surface area contributed by atoms with E-state index in [1.165, 1.54) is 6.07 Å². The third kappa shape index (κ3) is 4.10. The van der Waals surface area contributed by atoms with Crippen molar-refractivity contribution in [1.29, 1.82) is 0 Å². The number of piperidine rings is 1. The number of halogens is 2. The number of nitrogens with one attached hydrogen (secondary N) is 2. The van der Waals surface area contributed by atoms with E-state index >= 15 is 0 Å². The molecule has 4 N–H and O–H groups in total. The third-order valence-corrected chi connectivity index (χ3v) is 3.50. The van der Waals surface area contributed by atoms with Gasteiger partial charge in [0, 0.05) is 12.2 Å². The van der Waals surface area contributed by atoms with Gasteiger partial charge in [-0.3, -0.25) is 9.59 Å². The summed E-state index contributed by atoms with van der Waals surface area (Å²) in [6.07, 6.45) is 1.86. The van der Waals surface area contributed by atoms with Crippen LogP contribution in [-0.4, -0.2) is 24.9 Å². The SMILES string of the molecule is Cl.NC(=O)c1cc(NC(=O)[C@@H]2CCCNC2)ccc1Cl. The second-order valence-corrected chi connectivity index (χ2v) is 5.00. The van der Waals surface area contributed by atoms with Crippen LogP contribution in [0.5, 0.6) is 0 Å². The van der Waals surface area contributed by atoms with Gasteiger partial charge < -0.3 is 16.4 Å². The zero-order valence-corrected chi connectivity index (χ0v) is 12.4. The zero-order valence-electron chi connectivity index (χ0n) is 10.8. The van der Waals surface area contributed by atoms with Gasteiger partial charge in [-0.1, -0.05) is 11.6 Å². The predicted molar refractivity (Wildman–Crippen MR) is 81.4 cm³/mol. The number of carbonyl (C=O) groups is 2. The maximum atomic E-state index is 12.0. The summed E-state index contributed by atoms with van der Waals surface area (Å²) in [4.78, 5) is 23.2. The molecule has 0 aliphatic carbocycles. The number of amides is 2. The van der Waals surface area contributed by atoms with Crippen molar-refractivity contribution in [3.8, 4) is 0 Å². The summed E-state index contributed by atoms with van der Waals surface area (Å²) in [5, 5.41) is 6.26. The van der Waals surface area contributed by atoms with Crippen LogP contribution in [-0.2, 0) is 4.79 Å². The second kappa shape index (κ2) is 7.47. The van der Waals surface area contributed by atoms with Gasteiger partial charge in [0.25, 0.3) is 0 Å². The number of rotatable bonds is 3. The van der Waals surface area contributed by atoms with Crippen molar-refractivity contribution < 1.29 is 9.59 Å². The summed E-state index contributed by atoms with van der Waals surface area (Å²) >= 11 is 5.85. The fourth-order valence-corrected chi connectivity index (χ4v) is 2.32. The Kier molecular flexibility index (Phi) is 6.26. The highest BCUT2D eigenvalue weighted by molar-refractivity contribution is 6.34. The summed E-state index contributed by atoms with van der Waals surface area (Å²) in [6.45, 7) is 1.64. The molecule has 0 aromatic heterocycles. The van der Waals surface area contributed by atoms with Crippen LogP contribution in [0.4, 0.5) is 5.69 Å². The number of carbonyl (C=O) groups excluding carboxylic acids is 2. The van der Waals surface area contributed by atoms with Crippen molar-refractivity contribution in [1.82, 2.24) is 5.32 Å². The molecule has 110 valence electrons. The molecule has 2 amide bonds. The van der Waals surface area contributed by atoms with Crippen molar-refractivity contribution in [2.45, 2.75) is 12.8 Å². The van der Waals surface area contributed by atoms with E-state index in [2.05, 4.69) is 10.6 Å². The highest BCUT2D eigenvalue weighted by atomic mass is 35.5. The highest BCUT2D eigenvalue weighted by Crippen LogP contribution is 2.21. The minimum Gasteiger partial charge on any atom is -0.366 e. The molecule has 1 aliphatic heterocycles. The van der Waals surface area contributed by atoms with E-state index in [1.807, 2.05) is 0 Å². The quantitative estimate of drug-likeness (QED) is 0.794. The van der Waals surface area contributed by atoms with Crippen LogP contribution >= 0.6 is 24.0 Å². The lowest BCUT2D eigenvalue weighted by Crippen LogP contribution is -2.37. The number of primary amides is 1. The molecule has 0 radical (unpaired) electrons. The van der Waals surface area contributed by atoms with E-state index in [9.17, 15) is 9.59 Å². The van der Waals surface area contributed by atoms with E-state index in [0.717, 1.165) is 19.4 Å². The number of anilines is 1. The molecule has 0 bridgehead atoms. The molecule has 1 saturated heterocycles. The smallest absolute Gasteiger partial charge is 0.250 e. The van der Waals surface area contributed by atoms with Crippen LogP contribution in [0.2, 0.25) is 5.02 Å². The summed E-state index contributed by atoms with van der Waals surface area (Å²) in [6, 6.07) is 4.71. The minimum absolute atomic E-state index is 0. The summed E-state index contributed by atoms with van der Waals surface area (Å²) in [5.74, 6) is -0.702. The second-order valence-electron chi connectivity index (χ2n) is 4.59.